The van der Waals surface area contributed by atoms with Crippen molar-refractivity contribution in [1.29, 1.82) is 0 Å². The third-order valence-corrected chi connectivity index (χ3v) is 4.77. The van der Waals surface area contributed by atoms with Crippen molar-refractivity contribution < 1.29 is 0 Å². The summed E-state index contributed by atoms with van der Waals surface area (Å²) in [6.07, 6.45) is 1.81. The molecule has 2 aromatic rings. The highest BCUT2D eigenvalue weighted by Gasteiger charge is 2.08. The largest absolute Gasteiger partial charge is 0.304 e. The van der Waals surface area contributed by atoms with Gasteiger partial charge in [-0.25, -0.2) is 4.68 Å². The molecule has 0 unspecified atom stereocenters. The predicted octanol–water partition coefficient (Wildman–Crippen LogP) is 3.91. The van der Waals surface area contributed by atoms with Crippen LogP contribution in [0.5, 0.6) is 0 Å². The van der Waals surface area contributed by atoms with Crippen molar-refractivity contribution in [3.63, 3.8) is 0 Å². The zero-order valence-electron chi connectivity index (χ0n) is 11.2. The van der Waals surface area contributed by atoms with Gasteiger partial charge in [0.1, 0.15) is 6.33 Å². The second kappa shape index (κ2) is 6.30. The molecule has 4 nitrogen and oxygen atoms in total. The maximum atomic E-state index is 5.42. The average molecular weight is 361 g/mol. The third-order valence-electron chi connectivity index (χ3n) is 2.74. The molecule has 0 aliphatic carbocycles. The Bertz CT molecular complexity index is 599. The maximum absolute atomic E-state index is 5.42. The Balaban J connectivity index is 2.03. The van der Waals surface area contributed by atoms with Gasteiger partial charge in [-0.2, -0.15) is 5.10 Å². The van der Waals surface area contributed by atoms with E-state index >= 15 is 0 Å². The van der Waals surface area contributed by atoms with Gasteiger partial charge in [-0.1, -0.05) is 0 Å². The standard InChI is InChI=1S/C12H17BrN4S2/c1-9(2)16-7-14-17(12(16)18)8-15(3)6-10-4-5-11(13)19-10/h4-5,7,9H,6,8H2,1-3H3. The van der Waals surface area contributed by atoms with E-state index in [4.69, 9.17) is 12.2 Å². The van der Waals surface area contributed by atoms with E-state index in [1.54, 1.807) is 11.3 Å². The van der Waals surface area contributed by atoms with Gasteiger partial charge in [-0.05, 0) is 61.2 Å². The highest BCUT2D eigenvalue weighted by Crippen LogP contribution is 2.23. The van der Waals surface area contributed by atoms with E-state index in [-0.39, 0.29) is 0 Å². The van der Waals surface area contributed by atoms with Crippen LogP contribution in [0.25, 0.3) is 0 Å². The molecule has 0 aliphatic heterocycles. The first kappa shape index (κ1) is 14.9. The molecule has 7 heteroatoms. The van der Waals surface area contributed by atoms with E-state index in [0.29, 0.717) is 12.7 Å². The van der Waals surface area contributed by atoms with Crippen LogP contribution in [0.2, 0.25) is 0 Å². The highest BCUT2D eigenvalue weighted by atomic mass is 79.9. The molecule has 0 amide bonds. The first-order chi connectivity index (χ1) is 8.97. The fourth-order valence-corrected chi connectivity index (χ4v) is 3.71. The van der Waals surface area contributed by atoms with E-state index in [1.807, 2.05) is 15.6 Å². The smallest absolute Gasteiger partial charge is 0.199 e. The fourth-order valence-electron chi connectivity index (χ4n) is 1.78. The minimum Gasteiger partial charge on any atom is -0.304 e. The predicted molar refractivity (Wildman–Crippen MR) is 84.9 cm³/mol. The molecule has 2 heterocycles. The van der Waals surface area contributed by atoms with Gasteiger partial charge in [0.25, 0.3) is 0 Å². The van der Waals surface area contributed by atoms with Gasteiger partial charge in [0.2, 0.25) is 0 Å². The zero-order chi connectivity index (χ0) is 14.0. The highest BCUT2D eigenvalue weighted by molar-refractivity contribution is 9.11. The summed E-state index contributed by atoms with van der Waals surface area (Å²) >= 11 is 10.7. The fraction of sp³-hybridized carbons (Fsp3) is 0.500. The van der Waals surface area contributed by atoms with Gasteiger partial charge in [0.15, 0.2) is 4.77 Å². The monoisotopic (exact) mass is 360 g/mol. The molecule has 2 aromatic heterocycles. The van der Waals surface area contributed by atoms with Gasteiger partial charge >= 0.3 is 0 Å². The van der Waals surface area contributed by atoms with E-state index in [9.17, 15) is 0 Å². The Hall–Kier alpha value is -0.500. The first-order valence-corrected chi connectivity index (χ1v) is 8.06. The molecular formula is C12H17BrN4S2. The lowest BCUT2D eigenvalue weighted by Gasteiger charge is -2.15. The topological polar surface area (TPSA) is 26.0 Å². The normalized spacial score (nSPS) is 11.7. The lowest BCUT2D eigenvalue weighted by molar-refractivity contribution is 0.245. The second-order valence-corrected chi connectivity index (χ2v) is 7.69. The molecule has 0 atom stereocenters. The summed E-state index contributed by atoms with van der Waals surface area (Å²) in [5.41, 5.74) is 0. The van der Waals surface area contributed by atoms with E-state index in [0.717, 1.165) is 15.1 Å². The molecule has 0 bridgehead atoms. The number of hydrogen-bond acceptors (Lipinski definition) is 4. The van der Waals surface area contributed by atoms with E-state index < -0.39 is 0 Å². The van der Waals surface area contributed by atoms with Crippen LogP contribution in [0.15, 0.2) is 22.2 Å². The summed E-state index contributed by atoms with van der Waals surface area (Å²) in [7, 11) is 2.07. The molecular weight excluding hydrogens is 344 g/mol. The molecule has 2 rings (SSSR count). The minimum atomic E-state index is 0.347. The second-order valence-electron chi connectivity index (χ2n) is 4.78. The summed E-state index contributed by atoms with van der Waals surface area (Å²) in [6, 6.07) is 4.56. The molecule has 104 valence electrons. The number of nitrogens with zero attached hydrogens (tertiary/aromatic N) is 4. The first-order valence-electron chi connectivity index (χ1n) is 6.04. The Morgan fingerprint density at radius 2 is 2.21 bits per heavy atom. The Morgan fingerprint density at radius 1 is 1.47 bits per heavy atom. The minimum absolute atomic E-state index is 0.347. The number of halogens is 1. The van der Waals surface area contributed by atoms with Crippen molar-refractivity contribution in [2.75, 3.05) is 7.05 Å². The Morgan fingerprint density at radius 3 is 2.74 bits per heavy atom. The molecule has 0 saturated carbocycles. The van der Waals surface area contributed by atoms with Crippen molar-refractivity contribution in [2.24, 2.45) is 0 Å². The Kier molecular flexibility index (Phi) is 4.94. The van der Waals surface area contributed by atoms with Crippen molar-refractivity contribution in [2.45, 2.75) is 33.1 Å². The van der Waals surface area contributed by atoms with Crippen LogP contribution in [-0.2, 0) is 13.2 Å². The van der Waals surface area contributed by atoms with Crippen LogP contribution in [0.4, 0.5) is 0 Å². The quantitative estimate of drug-likeness (QED) is 0.756. The average Bonchev–Trinajstić information content (AvgIpc) is 2.87. The van der Waals surface area contributed by atoms with Crippen molar-refractivity contribution in [3.05, 3.63) is 31.9 Å². The van der Waals surface area contributed by atoms with Crippen LogP contribution in [0.1, 0.15) is 24.8 Å². The van der Waals surface area contributed by atoms with Crippen molar-refractivity contribution in [3.8, 4) is 0 Å². The summed E-state index contributed by atoms with van der Waals surface area (Å²) in [4.78, 5) is 3.52. The summed E-state index contributed by atoms with van der Waals surface area (Å²) in [5, 5.41) is 4.35. The molecule has 0 aliphatic rings. The molecule has 0 fully saturated rings. The van der Waals surface area contributed by atoms with Crippen LogP contribution in [-0.4, -0.2) is 26.3 Å². The lowest BCUT2D eigenvalue weighted by atomic mass is 10.4. The number of thiophene rings is 1. The number of aromatic nitrogens is 3. The maximum Gasteiger partial charge on any atom is 0.199 e. The zero-order valence-corrected chi connectivity index (χ0v) is 14.4. The van der Waals surface area contributed by atoms with Gasteiger partial charge in [0.05, 0.1) is 10.5 Å². The molecule has 19 heavy (non-hydrogen) atoms. The van der Waals surface area contributed by atoms with Gasteiger partial charge in [-0.15, -0.1) is 11.3 Å². The van der Waals surface area contributed by atoms with Gasteiger partial charge in [0, 0.05) is 17.5 Å². The van der Waals surface area contributed by atoms with Crippen LogP contribution < -0.4 is 0 Å². The van der Waals surface area contributed by atoms with Crippen LogP contribution in [0.3, 0.4) is 0 Å². The lowest BCUT2D eigenvalue weighted by Crippen LogP contribution is -2.22. The SMILES string of the molecule is CC(C)n1cnn(CN(C)Cc2ccc(Br)s2)c1=S. The van der Waals surface area contributed by atoms with Crippen LogP contribution in [0, 0.1) is 4.77 Å². The Labute approximate surface area is 130 Å². The van der Waals surface area contributed by atoms with Crippen LogP contribution >= 0.6 is 39.5 Å². The van der Waals surface area contributed by atoms with E-state index in [2.05, 4.69) is 59.0 Å². The number of rotatable bonds is 5. The third kappa shape index (κ3) is 3.75. The van der Waals surface area contributed by atoms with E-state index in [1.165, 1.54) is 4.88 Å². The molecule has 0 saturated heterocycles. The molecule has 0 radical (unpaired) electrons. The summed E-state index contributed by atoms with van der Waals surface area (Å²) in [6.45, 7) is 5.81. The summed E-state index contributed by atoms with van der Waals surface area (Å²) in [5.74, 6) is 0. The van der Waals surface area contributed by atoms with Crippen molar-refractivity contribution in [1.82, 2.24) is 19.2 Å². The van der Waals surface area contributed by atoms with Gasteiger partial charge in [-0.3, -0.25) is 4.90 Å². The molecule has 0 aromatic carbocycles. The molecule has 0 spiro atoms. The molecule has 0 N–H and O–H groups in total. The van der Waals surface area contributed by atoms with Gasteiger partial charge < -0.3 is 4.57 Å². The summed E-state index contributed by atoms with van der Waals surface area (Å²) < 4.78 is 5.80. The number of hydrogen-bond donors (Lipinski definition) is 0. The van der Waals surface area contributed by atoms with Crippen molar-refractivity contribution >= 4 is 39.5 Å².